The van der Waals surface area contributed by atoms with Crippen LogP contribution < -0.4 is 0 Å². The Bertz CT molecular complexity index is 988. The topological polar surface area (TPSA) is 37.4 Å². The molecule has 0 saturated carbocycles. The zero-order valence-corrected chi connectivity index (χ0v) is 16.7. The van der Waals surface area contributed by atoms with Gasteiger partial charge in [-0.3, -0.25) is 9.59 Å². The Balaban J connectivity index is 1.25. The number of Topliss-reactive ketones (excluding diaryl/α,β-unsaturated/α-hetero) is 2. The van der Waals surface area contributed by atoms with Gasteiger partial charge in [0.05, 0.1) is 0 Å². The first-order valence-corrected chi connectivity index (χ1v) is 10.5. The highest BCUT2D eigenvalue weighted by Gasteiger charge is 2.25. The number of fused-ring (bicyclic) bond motifs is 1. The van der Waals surface area contributed by atoms with Crippen molar-refractivity contribution in [3.05, 3.63) is 83.9 Å². The molecule has 3 aromatic carbocycles. The first-order valence-electron chi connectivity index (χ1n) is 10.5. The van der Waals surface area contributed by atoms with Crippen LogP contribution in [0.25, 0.3) is 10.8 Å². The maximum Gasteiger partial charge on any atom is 0.166 e. The summed E-state index contributed by atoms with van der Waals surface area (Å²) in [5.74, 6) is 0.597. The molecule has 1 fully saturated rings. The molecule has 0 aromatic heterocycles. The summed E-state index contributed by atoms with van der Waals surface area (Å²) < 4.78 is 0. The molecular formula is C26H27NO2. The zero-order chi connectivity index (χ0) is 20.1. The average molecular weight is 386 g/mol. The molecule has 3 heteroatoms. The van der Waals surface area contributed by atoms with Crippen molar-refractivity contribution in [2.24, 2.45) is 5.92 Å². The first-order chi connectivity index (χ1) is 14.2. The number of hydrogen-bond donors (Lipinski definition) is 0. The number of rotatable bonds is 7. The molecule has 4 rings (SSSR count). The van der Waals surface area contributed by atoms with E-state index in [1.54, 1.807) is 0 Å². The van der Waals surface area contributed by atoms with Crippen LogP contribution in [-0.4, -0.2) is 36.1 Å². The lowest BCUT2D eigenvalue weighted by molar-refractivity contribution is 0.0838. The monoisotopic (exact) mass is 385 g/mol. The zero-order valence-electron chi connectivity index (χ0n) is 16.7. The molecule has 1 saturated heterocycles. The molecule has 0 spiro atoms. The third-order valence-corrected chi connectivity index (χ3v) is 5.97. The number of carbonyl (C=O) groups is 2. The van der Waals surface area contributed by atoms with Crippen LogP contribution in [0.2, 0.25) is 0 Å². The van der Waals surface area contributed by atoms with Crippen LogP contribution in [0.1, 0.15) is 46.4 Å². The Morgan fingerprint density at radius 1 is 0.793 bits per heavy atom. The van der Waals surface area contributed by atoms with Crippen LogP contribution in [0.5, 0.6) is 0 Å². The molecule has 0 radical (unpaired) electrons. The van der Waals surface area contributed by atoms with Gasteiger partial charge < -0.3 is 4.90 Å². The van der Waals surface area contributed by atoms with Gasteiger partial charge in [0.2, 0.25) is 0 Å². The van der Waals surface area contributed by atoms with Gasteiger partial charge in [-0.2, -0.15) is 0 Å². The highest BCUT2D eigenvalue weighted by molar-refractivity contribution is 6.01. The average Bonchev–Trinajstić information content (AvgIpc) is 2.79. The molecule has 0 unspecified atom stereocenters. The minimum absolute atomic E-state index is 0.110. The van der Waals surface area contributed by atoms with Gasteiger partial charge in [0.15, 0.2) is 11.6 Å². The maximum absolute atomic E-state index is 12.9. The number of likely N-dealkylation sites (tertiary alicyclic amines) is 1. The molecule has 148 valence electrons. The Kier molecular flexibility index (Phi) is 6.16. The molecule has 0 aliphatic carbocycles. The van der Waals surface area contributed by atoms with E-state index >= 15 is 0 Å². The summed E-state index contributed by atoms with van der Waals surface area (Å²) in [6.07, 6.45) is 3.26. The third kappa shape index (κ3) is 4.80. The lowest BCUT2D eigenvalue weighted by atomic mass is 9.88. The van der Waals surface area contributed by atoms with Crippen LogP contribution in [-0.2, 0) is 0 Å². The number of piperidine rings is 1. The smallest absolute Gasteiger partial charge is 0.166 e. The van der Waals surface area contributed by atoms with Gasteiger partial charge in [-0.15, -0.1) is 0 Å². The largest absolute Gasteiger partial charge is 0.303 e. The minimum Gasteiger partial charge on any atom is -0.303 e. The standard InChI is InChI=1S/C26H27NO2/c28-25(21-8-2-1-3-9-21)11-6-16-27-17-14-22(15-18-27)26(29)24-13-12-20-7-4-5-10-23(20)19-24/h1-5,7-10,12-13,19,22H,6,11,14-18H2. The van der Waals surface area contributed by atoms with Gasteiger partial charge in [-0.05, 0) is 55.7 Å². The van der Waals surface area contributed by atoms with Gasteiger partial charge >= 0.3 is 0 Å². The van der Waals surface area contributed by atoms with Gasteiger partial charge in [-0.1, -0.05) is 66.7 Å². The fourth-order valence-corrected chi connectivity index (χ4v) is 4.23. The van der Waals surface area contributed by atoms with Gasteiger partial charge in [0.1, 0.15) is 0 Å². The fraction of sp³-hybridized carbons (Fsp3) is 0.308. The van der Waals surface area contributed by atoms with Crippen LogP contribution >= 0.6 is 0 Å². The molecule has 1 aliphatic rings. The summed E-state index contributed by atoms with van der Waals surface area (Å²) in [5, 5.41) is 2.29. The quantitative estimate of drug-likeness (QED) is 0.511. The van der Waals surface area contributed by atoms with Crippen LogP contribution in [0, 0.1) is 5.92 Å². The maximum atomic E-state index is 12.9. The van der Waals surface area contributed by atoms with Crippen molar-refractivity contribution < 1.29 is 9.59 Å². The Hall–Kier alpha value is -2.78. The second kappa shape index (κ2) is 9.15. The van der Waals surface area contributed by atoms with Gasteiger partial charge in [0.25, 0.3) is 0 Å². The van der Waals surface area contributed by atoms with Crippen molar-refractivity contribution in [2.45, 2.75) is 25.7 Å². The summed E-state index contributed by atoms with van der Waals surface area (Å²) in [6, 6.07) is 23.7. The van der Waals surface area contributed by atoms with Crippen molar-refractivity contribution in [1.82, 2.24) is 4.90 Å². The van der Waals surface area contributed by atoms with Gasteiger partial charge in [-0.25, -0.2) is 0 Å². The number of benzene rings is 3. The summed E-state index contributed by atoms with van der Waals surface area (Å²) in [4.78, 5) is 27.6. The second-order valence-corrected chi connectivity index (χ2v) is 7.93. The number of ketones is 2. The normalized spacial score (nSPS) is 15.4. The third-order valence-electron chi connectivity index (χ3n) is 5.97. The SMILES string of the molecule is O=C(CCCN1CCC(C(=O)c2ccc3ccccc3c2)CC1)c1ccccc1. The highest BCUT2D eigenvalue weighted by Crippen LogP contribution is 2.24. The summed E-state index contributed by atoms with van der Waals surface area (Å²) in [5.41, 5.74) is 1.63. The van der Waals surface area contributed by atoms with Crippen molar-refractivity contribution in [3.8, 4) is 0 Å². The van der Waals surface area contributed by atoms with E-state index in [0.717, 1.165) is 55.4 Å². The summed E-state index contributed by atoms with van der Waals surface area (Å²) in [6.45, 7) is 2.79. The van der Waals surface area contributed by atoms with Crippen molar-refractivity contribution in [2.75, 3.05) is 19.6 Å². The lowest BCUT2D eigenvalue weighted by Gasteiger charge is -2.31. The minimum atomic E-state index is 0.110. The molecule has 0 atom stereocenters. The Morgan fingerprint density at radius 3 is 2.24 bits per heavy atom. The second-order valence-electron chi connectivity index (χ2n) is 7.93. The lowest BCUT2D eigenvalue weighted by Crippen LogP contribution is -2.37. The number of carbonyl (C=O) groups excluding carboxylic acids is 2. The van der Waals surface area contributed by atoms with Crippen LogP contribution in [0.15, 0.2) is 72.8 Å². The van der Waals surface area contributed by atoms with Crippen LogP contribution in [0.4, 0.5) is 0 Å². The predicted molar refractivity (Wildman–Crippen MR) is 117 cm³/mol. The van der Waals surface area contributed by atoms with E-state index in [-0.39, 0.29) is 17.5 Å². The highest BCUT2D eigenvalue weighted by atomic mass is 16.1. The van der Waals surface area contributed by atoms with Crippen molar-refractivity contribution in [3.63, 3.8) is 0 Å². The molecule has 1 aliphatic heterocycles. The van der Waals surface area contributed by atoms with E-state index < -0.39 is 0 Å². The molecule has 3 aromatic rings. The van der Waals surface area contributed by atoms with E-state index in [2.05, 4.69) is 17.0 Å². The summed E-state index contributed by atoms with van der Waals surface area (Å²) in [7, 11) is 0. The first kappa shape index (κ1) is 19.5. The fourth-order valence-electron chi connectivity index (χ4n) is 4.23. The molecule has 29 heavy (non-hydrogen) atoms. The van der Waals surface area contributed by atoms with Crippen LogP contribution in [0.3, 0.4) is 0 Å². The van der Waals surface area contributed by atoms with E-state index in [1.165, 1.54) is 5.39 Å². The molecule has 1 heterocycles. The molecular weight excluding hydrogens is 358 g/mol. The molecule has 3 nitrogen and oxygen atoms in total. The number of hydrogen-bond acceptors (Lipinski definition) is 3. The van der Waals surface area contributed by atoms with Crippen molar-refractivity contribution >= 4 is 22.3 Å². The summed E-state index contributed by atoms with van der Waals surface area (Å²) >= 11 is 0. The van der Waals surface area contributed by atoms with Crippen molar-refractivity contribution in [1.29, 1.82) is 0 Å². The van der Waals surface area contributed by atoms with E-state index in [9.17, 15) is 9.59 Å². The van der Waals surface area contributed by atoms with Gasteiger partial charge in [0, 0.05) is 23.5 Å². The molecule has 0 N–H and O–H groups in total. The molecule has 0 bridgehead atoms. The number of nitrogens with zero attached hydrogens (tertiary/aromatic N) is 1. The van der Waals surface area contributed by atoms with E-state index in [1.807, 2.05) is 60.7 Å². The molecule has 0 amide bonds. The Morgan fingerprint density at radius 2 is 1.48 bits per heavy atom. The Labute approximate surface area is 172 Å². The van der Waals surface area contributed by atoms with E-state index in [0.29, 0.717) is 6.42 Å². The van der Waals surface area contributed by atoms with E-state index in [4.69, 9.17) is 0 Å². The predicted octanol–water partition coefficient (Wildman–Crippen LogP) is 5.40.